The first kappa shape index (κ1) is 25.6. The van der Waals surface area contributed by atoms with E-state index in [0.29, 0.717) is 90.1 Å². The van der Waals surface area contributed by atoms with Crippen LogP contribution in [0.1, 0.15) is 0 Å². The van der Waals surface area contributed by atoms with Crippen LogP contribution < -0.4 is 44.3 Å². The van der Waals surface area contributed by atoms with Gasteiger partial charge in [-0.15, -0.1) is 0 Å². The van der Waals surface area contributed by atoms with Crippen LogP contribution in [0.2, 0.25) is 0 Å². The van der Waals surface area contributed by atoms with Crippen LogP contribution in [0.3, 0.4) is 0 Å². The van der Waals surface area contributed by atoms with Crippen LogP contribution in [0, 0.1) is 0 Å². The smallest absolute Gasteiger partial charge is 0.184 e. The van der Waals surface area contributed by atoms with Crippen molar-refractivity contribution in [2.45, 2.75) is 0 Å². The molecule has 3 heterocycles. The summed E-state index contributed by atoms with van der Waals surface area (Å²) >= 11 is 0. The number of hydrogen-bond donors (Lipinski definition) is 0. The van der Waals surface area contributed by atoms with E-state index in [4.69, 9.17) is 28.4 Å². The van der Waals surface area contributed by atoms with Gasteiger partial charge >= 0.3 is 0 Å². The average molecular weight is 603 g/mol. The summed E-state index contributed by atoms with van der Waals surface area (Å²) in [6, 6.07) is 29.7. The third-order valence-electron chi connectivity index (χ3n) is 8.53. The molecule has 6 aromatic rings. The molecule has 0 aromatic heterocycles. The predicted molar refractivity (Wildman–Crippen MR) is 171 cm³/mol. The standard InChI is InChI=1S/C36H27O7P/c37-44(34-25-10-4-1-7-22(25)19-28-31(34)41-16-13-38-28,35-26-11-5-2-8-23(26)20-29-32(35)42-17-14-39-29)36-27-12-6-3-9-24(27)21-30-33(36)43-18-15-40-30/h1-12,19-21H,13-18H2. The average Bonchev–Trinajstić information content (AvgIpc) is 3.08. The maximum atomic E-state index is 17.3. The lowest BCUT2D eigenvalue weighted by Crippen LogP contribution is -2.34. The first-order chi connectivity index (χ1) is 21.7. The van der Waals surface area contributed by atoms with E-state index in [1.807, 2.05) is 91.0 Å². The quantitative estimate of drug-likeness (QED) is 0.227. The van der Waals surface area contributed by atoms with Crippen LogP contribution in [-0.4, -0.2) is 39.6 Å². The van der Waals surface area contributed by atoms with Crippen molar-refractivity contribution < 1.29 is 33.0 Å². The minimum atomic E-state index is -4.01. The number of fused-ring (bicyclic) bond motifs is 6. The maximum absolute atomic E-state index is 17.3. The highest BCUT2D eigenvalue weighted by Crippen LogP contribution is 2.59. The fourth-order valence-electron chi connectivity index (χ4n) is 6.75. The Hall–Kier alpha value is -4.87. The van der Waals surface area contributed by atoms with Crippen LogP contribution in [0.4, 0.5) is 0 Å². The van der Waals surface area contributed by atoms with Crippen LogP contribution in [0.5, 0.6) is 34.5 Å². The summed E-state index contributed by atoms with van der Waals surface area (Å²) in [5.74, 6) is 3.08. The fraction of sp³-hybridized carbons (Fsp3) is 0.167. The number of rotatable bonds is 3. The third-order valence-corrected chi connectivity index (χ3v) is 11.8. The number of ether oxygens (including phenoxy) is 6. The van der Waals surface area contributed by atoms with Gasteiger partial charge in [0.15, 0.2) is 41.6 Å². The van der Waals surface area contributed by atoms with Gasteiger partial charge in [-0.05, 0) is 50.5 Å². The first-order valence-electron chi connectivity index (χ1n) is 14.8. The van der Waals surface area contributed by atoms with E-state index in [1.165, 1.54) is 0 Å². The Morgan fingerprint density at radius 1 is 0.409 bits per heavy atom. The molecular formula is C36H27O7P. The van der Waals surface area contributed by atoms with E-state index in [2.05, 4.69) is 0 Å². The monoisotopic (exact) mass is 602 g/mol. The van der Waals surface area contributed by atoms with Gasteiger partial charge in [-0.25, -0.2) is 0 Å². The Kier molecular flexibility index (Phi) is 5.72. The second-order valence-corrected chi connectivity index (χ2v) is 13.6. The van der Waals surface area contributed by atoms with E-state index in [0.717, 1.165) is 32.3 Å². The van der Waals surface area contributed by atoms with Gasteiger partial charge in [0.1, 0.15) is 39.6 Å². The van der Waals surface area contributed by atoms with E-state index in [1.54, 1.807) is 0 Å². The van der Waals surface area contributed by atoms with Gasteiger partial charge in [-0.3, -0.25) is 0 Å². The SMILES string of the molecule is O=P(c1c2c(cc3ccccc13)OCCO2)(c1c2c(cc3ccccc13)OCCO2)c1c2c(cc3ccccc13)OCCO2. The Balaban J connectivity index is 1.56. The minimum absolute atomic E-state index is 0.332. The van der Waals surface area contributed by atoms with Crippen molar-refractivity contribution in [2.24, 2.45) is 0 Å². The molecule has 0 aliphatic carbocycles. The minimum Gasteiger partial charge on any atom is -0.486 e. The molecule has 0 saturated carbocycles. The van der Waals surface area contributed by atoms with Crippen molar-refractivity contribution in [1.82, 2.24) is 0 Å². The normalized spacial score (nSPS) is 15.5. The molecule has 44 heavy (non-hydrogen) atoms. The number of benzene rings is 6. The molecule has 218 valence electrons. The summed E-state index contributed by atoms with van der Waals surface area (Å²) in [4.78, 5) is 0. The summed E-state index contributed by atoms with van der Waals surface area (Å²) in [6.07, 6.45) is 0. The molecule has 0 unspecified atom stereocenters. The van der Waals surface area contributed by atoms with Gasteiger partial charge < -0.3 is 33.0 Å². The van der Waals surface area contributed by atoms with Crippen molar-refractivity contribution in [2.75, 3.05) is 39.6 Å². The van der Waals surface area contributed by atoms with Gasteiger partial charge in [-0.1, -0.05) is 72.8 Å². The molecule has 0 fully saturated rings. The van der Waals surface area contributed by atoms with Crippen LogP contribution in [-0.2, 0) is 4.57 Å². The maximum Gasteiger partial charge on any atom is 0.184 e. The van der Waals surface area contributed by atoms with Crippen molar-refractivity contribution >= 4 is 55.4 Å². The molecule has 3 aliphatic heterocycles. The second kappa shape index (κ2) is 9.83. The van der Waals surface area contributed by atoms with Crippen molar-refractivity contribution in [3.05, 3.63) is 91.0 Å². The largest absolute Gasteiger partial charge is 0.486 e. The fourth-order valence-corrected chi connectivity index (χ4v) is 10.4. The molecule has 7 nitrogen and oxygen atoms in total. The van der Waals surface area contributed by atoms with Crippen LogP contribution >= 0.6 is 7.14 Å². The second-order valence-electron chi connectivity index (χ2n) is 11.0. The van der Waals surface area contributed by atoms with Gasteiger partial charge in [0.05, 0.1) is 15.9 Å². The lowest BCUT2D eigenvalue weighted by molar-refractivity contribution is 0.172. The Bertz CT molecular complexity index is 1940. The lowest BCUT2D eigenvalue weighted by Gasteiger charge is -2.33. The van der Waals surface area contributed by atoms with Crippen LogP contribution in [0.15, 0.2) is 91.0 Å². The van der Waals surface area contributed by atoms with Crippen LogP contribution in [0.25, 0.3) is 32.3 Å². The summed E-state index contributed by atoms with van der Waals surface area (Å²) in [5.41, 5.74) is 0. The molecule has 0 spiro atoms. The van der Waals surface area contributed by atoms with E-state index in [-0.39, 0.29) is 0 Å². The molecule has 0 saturated heterocycles. The highest BCUT2D eigenvalue weighted by Gasteiger charge is 2.46. The van der Waals surface area contributed by atoms with E-state index < -0.39 is 7.14 Å². The molecule has 6 aromatic carbocycles. The van der Waals surface area contributed by atoms with E-state index >= 15 is 4.57 Å². The number of hydrogen-bond acceptors (Lipinski definition) is 7. The van der Waals surface area contributed by atoms with Gasteiger partial charge in [0, 0.05) is 0 Å². The molecule has 3 aliphatic rings. The molecule has 0 atom stereocenters. The predicted octanol–water partition coefficient (Wildman–Crippen LogP) is 6.10. The Morgan fingerprint density at radius 2 is 0.705 bits per heavy atom. The van der Waals surface area contributed by atoms with E-state index in [9.17, 15) is 0 Å². The summed E-state index contributed by atoms with van der Waals surface area (Å²) in [6.45, 7) is 2.19. The highest BCUT2D eigenvalue weighted by molar-refractivity contribution is 7.87. The summed E-state index contributed by atoms with van der Waals surface area (Å²) in [7, 11) is -4.01. The van der Waals surface area contributed by atoms with Crippen molar-refractivity contribution in [3.63, 3.8) is 0 Å². The van der Waals surface area contributed by atoms with Gasteiger partial charge in [0.2, 0.25) is 0 Å². The molecule has 8 heteroatoms. The first-order valence-corrected chi connectivity index (χ1v) is 16.5. The lowest BCUT2D eigenvalue weighted by atomic mass is 10.1. The third kappa shape index (κ3) is 3.66. The van der Waals surface area contributed by atoms with Gasteiger partial charge in [0.25, 0.3) is 0 Å². The highest BCUT2D eigenvalue weighted by atomic mass is 31.2. The molecule has 0 N–H and O–H groups in total. The Labute approximate surface area is 253 Å². The molecular weight excluding hydrogens is 575 g/mol. The topological polar surface area (TPSA) is 72.5 Å². The van der Waals surface area contributed by atoms with Crippen molar-refractivity contribution in [3.8, 4) is 34.5 Å². The zero-order valence-electron chi connectivity index (χ0n) is 23.7. The molecule has 0 amide bonds. The summed E-state index contributed by atoms with van der Waals surface area (Å²) < 4.78 is 55.1. The zero-order chi connectivity index (χ0) is 29.3. The molecule has 0 radical (unpaired) electrons. The molecule has 9 rings (SSSR count). The summed E-state index contributed by atoms with van der Waals surface area (Å²) in [5, 5.41) is 6.73. The zero-order valence-corrected chi connectivity index (χ0v) is 24.6. The van der Waals surface area contributed by atoms with Crippen molar-refractivity contribution in [1.29, 1.82) is 0 Å². The molecule has 0 bridgehead atoms. The van der Waals surface area contributed by atoms with Gasteiger partial charge in [-0.2, -0.15) is 0 Å². The Morgan fingerprint density at radius 3 is 1.05 bits per heavy atom.